The van der Waals surface area contributed by atoms with Crippen LogP contribution in [0.3, 0.4) is 0 Å². The summed E-state index contributed by atoms with van der Waals surface area (Å²) in [7, 11) is 0. The first-order valence-electron chi connectivity index (χ1n) is 11.5. The third-order valence-electron chi connectivity index (χ3n) is 7.69. The number of nitriles is 1. The van der Waals surface area contributed by atoms with Gasteiger partial charge in [-0.3, -0.25) is 4.79 Å². The lowest BCUT2D eigenvalue weighted by Gasteiger charge is -2.47. The fraction of sp³-hybridized carbons (Fsp3) is 0.458. The zero-order valence-corrected chi connectivity index (χ0v) is 17.9. The summed E-state index contributed by atoms with van der Waals surface area (Å²) in [5.74, 6) is -1.65. The second-order valence-electron chi connectivity index (χ2n) is 9.49. The van der Waals surface area contributed by atoms with Gasteiger partial charge in [0.05, 0.1) is 17.2 Å². The maximum absolute atomic E-state index is 15.8. The minimum absolute atomic E-state index is 0.0264. The van der Waals surface area contributed by atoms with E-state index in [2.05, 4.69) is 31.3 Å². The van der Waals surface area contributed by atoms with Crippen molar-refractivity contribution < 1.29 is 14.3 Å². The molecule has 3 aromatic heterocycles. The first kappa shape index (κ1) is 20.1. The van der Waals surface area contributed by atoms with Crippen LogP contribution in [0.1, 0.15) is 55.6 Å². The van der Waals surface area contributed by atoms with Crippen LogP contribution in [0.5, 0.6) is 0 Å². The van der Waals surface area contributed by atoms with E-state index in [9.17, 15) is 15.2 Å². The Morgan fingerprint density at radius 3 is 2.67 bits per heavy atom. The van der Waals surface area contributed by atoms with E-state index in [0.29, 0.717) is 27.9 Å². The Morgan fingerprint density at radius 1 is 1.21 bits per heavy atom. The zero-order valence-electron chi connectivity index (χ0n) is 17.9. The molecule has 0 aromatic carbocycles. The number of carboxylic acid groups (broad SMARTS) is 1. The number of rotatable bonds is 5. The van der Waals surface area contributed by atoms with Gasteiger partial charge in [0.15, 0.2) is 11.6 Å². The predicted octanol–water partition coefficient (Wildman–Crippen LogP) is 4.21. The van der Waals surface area contributed by atoms with Gasteiger partial charge in [0.2, 0.25) is 0 Å². The number of fused-ring (bicyclic) bond motifs is 4. The van der Waals surface area contributed by atoms with E-state index in [1.54, 1.807) is 12.4 Å². The molecule has 33 heavy (non-hydrogen) atoms. The normalized spacial score (nSPS) is 26.3. The molecule has 7 rings (SSSR count). The number of anilines is 1. The van der Waals surface area contributed by atoms with Gasteiger partial charge in [-0.1, -0.05) is 0 Å². The molecular formula is C24H23FN6O2. The second-order valence-corrected chi connectivity index (χ2v) is 9.49. The maximum atomic E-state index is 15.8. The lowest BCUT2D eigenvalue weighted by Crippen LogP contribution is -2.51. The van der Waals surface area contributed by atoms with Crippen molar-refractivity contribution in [2.24, 2.45) is 17.8 Å². The molecule has 3 heterocycles. The van der Waals surface area contributed by atoms with Gasteiger partial charge in [-0.2, -0.15) is 5.26 Å². The number of H-pyrrole nitrogens is 1. The van der Waals surface area contributed by atoms with Crippen molar-refractivity contribution in [3.05, 3.63) is 35.7 Å². The van der Waals surface area contributed by atoms with E-state index in [0.717, 1.165) is 38.5 Å². The van der Waals surface area contributed by atoms with E-state index in [-0.39, 0.29) is 35.2 Å². The molecule has 0 unspecified atom stereocenters. The van der Waals surface area contributed by atoms with Crippen LogP contribution in [-0.4, -0.2) is 37.1 Å². The number of hydrogen-bond acceptors (Lipinski definition) is 6. The van der Waals surface area contributed by atoms with E-state index in [4.69, 9.17) is 0 Å². The molecule has 0 spiro atoms. The molecule has 168 valence electrons. The quantitative estimate of drug-likeness (QED) is 0.536. The number of aliphatic carboxylic acids is 1. The van der Waals surface area contributed by atoms with Crippen LogP contribution in [0, 0.1) is 34.9 Å². The molecule has 9 heteroatoms. The fourth-order valence-electron chi connectivity index (χ4n) is 5.97. The summed E-state index contributed by atoms with van der Waals surface area (Å²) in [6.45, 7) is 0. The molecule has 4 aliphatic rings. The summed E-state index contributed by atoms with van der Waals surface area (Å²) in [5.41, 5.74) is 2.21. The van der Waals surface area contributed by atoms with Gasteiger partial charge in [0.1, 0.15) is 18.0 Å². The van der Waals surface area contributed by atoms with Gasteiger partial charge in [-0.25, -0.2) is 19.3 Å². The Bertz CT molecular complexity index is 1300. The van der Waals surface area contributed by atoms with Crippen molar-refractivity contribution in [2.45, 2.75) is 50.5 Å². The topological polar surface area (TPSA) is 128 Å². The largest absolute Gasteiger partial charge is 0.481 e. The lowest BCUT2D eigenvalue weighted by molar-refractivity contribution is -0.148. The van der Waals surface area contributed by atoms with Crippen LogP contribution in [0.25, 0.3) is 22.3 Å². The van der Waals surface area contributed by atoms with Crippen molar-refractivity contribution in [3.8, 4) is 17.3 Å². The van der Waals surface area contributed by atoms with Crippen molar-refractivity contribution in [3.63, 3.8) is 0 Å². The summed E-state index contributed by atoms with van der Waals surface area (Å²) in [6.07, 6.45) is 10.1. The summed E-state index contributed by atoms with van der Waals surface area (Å²) >= 11 is 0. The number of carbonyl (C=O) groups is 1. The molecule has 4 saturated carbocycles. The minimum Gasteiger partial charge on any atom is -0.481 e. The van der Waals surface area contributed by atoms with E-state index >= 15 is 4.39 Å². The summed E-state index contributed by atoms with van der Waals surface area (Å²) in [6, 6.07) is 1.81. The number of nitrogens with zero attached hydrogens (tertiary/aromatic N) is 4. The minimum atomic E-state index is -0.840. The number of aromatic amines is 1. The molecule has 8 nitrogen and oxygen atoms in total. The zero-order chi connectivity index (χ0) is 22.7. The first-order valence-corrected chi connectivity index (χ1v) is 11.5. The van der Waals surface area contributed by atoms with Crippen LogP contribution in [0.4, 0.5) is 10.2 Å². The molecule has 0 radical (unpaired) electrons. The monoisotopic (exact) mass is 446 g/mol. The third-order valence-corrected chi connectivity index (χ3v) is 7.69. The van der Waals surface area contributed by atoms with Crippen LogP contribution in [0.2, 0.25) is 0 Å². The highest BCUT2D eigenvalue weighted by Gasteiger charge is 2.48. The highest BCUT2D eigenvalue weighted by molar-refractivity contribution is 5.94. The highest BCUT2D eigenvalue weighted by Crippen LogP contribution is 2.49. The lowest BCUT2D eigenvalue weighted by atomic mass is 9.61. The molecule has 3 aromatic rings. The average molecular weight is 446 g/mol. The summed E-state index contributed by atoms with van der Waals surface area (Å²) in [4.78, 5) is 28.1. The standard InChI is InChI=1S/C24H23FN6O2/c25-19-17(11-1-2-11)14(7-26)21(15-9-28-22-16(15)8-27-10-29-22)31-23(19)30-20-13-5-3-12(4-6-13)18(20)24(32)33/h8-13,18,20H,1-6H2,(H,30,31)(H,32,33)(H,27,28,29)/t12?,13?,18-,20-/m1/s1. The van der Waals surface area contributed by atoms with Gasteiger partial charge < -0.3 is 15.4 Å². The molecule has 4 fully saturated rings. The smallest absolute Gasteiger partial charge is 0.308 e. The fourth-order valence-corrected chi connectivity index (χ4v) is 5.97. The molecule has 3 N–H and O–H groups in total. The summed E-state index contributed by atoms with van der Waals surface area (Å²) < 4.78 is 15.8. The predicted molar refractivity (Wildman–Crippen MR) is 118 cm³/mol. The first-order chi connectivity index (χ1) is 16.1. The number of carboxylic acids is 1. The van der Waals surface area contributed by atoms with Gasteiger partial charge in [0.25, 0.3) is 0 Å². The SMILES string of the molecule is N#Cc1c(-c2c[nH]c3ncncc23)nc(N[C@@H]2C3CCC(CC3)[C@H]2C(=O)O)c(F)c1C1CC1. The van der Waals surface area contributed by atoms with E-state index in [1.807, 2.05) is 0 Å². The van der Waals surface area contributed by atoms with Gasteiger partial charge in [-0.05, 0) is 56.3 Å². The number of aromatic nitrogens is 4. The Kier molecular flexibility index (Phi) is 4.57. The molecule has 4 aliphatic carbocycles. The number of halogens is 1. The summed E-state index contributed by atoms with van der Waals surface area (Å²) in [5, 5.41) is 23.8. The van der Waals surface area contributed by atoms with Crippen LogP contribution in [-0.2, 0) is 4.79 Å². The van der Waals surface area contributed by atoms with Crippen molar-refractivity contribution in [2.75, 3.05) is 5.32 Å². The Balaban J connectivity index is 1.50. The molecule has 0 saturated heterocycles. The van der Waals surface area contributed by atoms with Gasteiger partial charge >= 0.3 is 5.97 Å². The van der Waals surface area contributed by atoms with Gasteiger partial charge in [-0.15, -0.1) is 0 Å². The number of nitrogens with one attached hydrogen (secondary N) is 2. The Labute approximate surface area is 189 Å². The van der Waals surface area contributed by atoms with Crippen molar-refractivity contribution >= 4 is 22.8 Å². The van der Waals surface area contributed by atoms with E-state index in [1.165, 1.54) is 6.33 Å². The van der Waals surface area contributed by atoms with Crippen molar-refractivity contribution in [1.82, 2.24) is 19.9 Å². The second kappa shape index (κ2) is 7.51. The number of pyridine rings is 1. The average Bonchev–Trinajstić information content (AvgIpc) is 3.58. The van der Waals surface area contributed by atoms with Crippen LogP contribution < -0.4 is 5.32 Å². The molecule has 0 aliphatic heterocycles. The van der Waals surface area contributed by atoms with Crippen LogP contribution in [0.15, 0.2) is 18.7 Å². The number of hydrogen-bond donors (Lipinski definition) is 3. The maximum Gasteiger partial charge on any atom is 0.308 e. The van der Waals surface area contributed by atoms with Gasteiger partial charge in [0, 0.05) is 34.9 Å². The Hall–Kier alpha value is -3.54. The molecule has 2 atom stereocenters. The van der Waals surface area contributed by atoms with E-state index < -0.39 is 17.7 Å². The Morgan fingerprint density at radius 2 is 1.97 bits per heavy atom. The van der Waals surface area contributed by atoms with Crippen molar-refractivity contribution in [1.29, 1.82) is 5.26 Å². The van der Waals surface area contributed by atoms with Crippen LogP contribution >= 0.6 is 0 Å². The molecular weight excluding hydrogens is 423 g/mol. The third kappa shape index (κ3) is 3.16. The molecule has 0 amide bonds. The highest BCUT2D eigenvalue weighted by atomic mass is 19.1. The molecule has 2 bridgehead atoms.